The van der Waals surface area contributed by atoms with Crippen LogP contribution in [0.5, 0.6) is 0 Å². The molecule has 2 heterocycles. The van der Waals surface area contributed by atoms with Gasteiger partial charge in [-0.1, -0.05) is 0 Å². The van der Waals surface area contributed by atoms with Crippen molar-refractivity contribution in [1.29, 1.82) is 0 Å². The highest BCUT2D eigenvalue weighted by molar-refractivity contribution is 9.11. The molecule has 0 saturated heterocycles. The van der Waals surface area contributed by atoms with Crippen LogP contribution in [-0.4, -0.2) is 11.7 Å². The molecule has 17 heavy (non-hydrogen) atoms. The first-order valence-electron chi connectivity index (χ1n) is 5.35. The fraction of sp³-hybridized carbons (Fsp3) is 0.333. The van der Waals surface area contributed by atoms with Gasteiger partial charge in [-0.05, 0) is 57.4 Å². The third-order valence-corrected chi connectivity index (χ3v) is 5.07. The lowest BCUT2D eigenvalue weighted by atomic mass is 10.2. The number of nitrogens with one attached hydrogen (secondary N) is 1. The molecule has 2 rings (SSSR count). The summed E-state index contributed by atoms with van der Waals surface area (Å²) < 4.78 is 1.14. The summed E-state index contributed by atoms with van der Waals surface area (Å²) >= 11 is 6.78. The Morgan fingerprint density at radius 3 is 2.82 bits per heavy atom. The smallest absolute Gasteiger partial charge is 0.0922 e. The molecule has 0 amide bonds. The predicted molar refractivity (Wildman–Crippen MR) is 77.7 cm³/mol. The molecule has 2 aromatic rings. The molecule has 0 aliphatic rings. The first kappa shape index (κ1) is 13.2. The van der Waals surface area contributed by atoms with Crippen molar-refractivity contribution in [3.8, 4) is 0 Å². The van der Waals surface area contributed by atoms with Crippen molar-refractivity contribution in [1.82, 2.24) is 5.32 Å². The maximum Gasteiger partial charge on any atom is 0.0922 e. The number of hydrogen-bond donors (Lipinski definition) is 2. The second-order valence-corrected chi connectivity index (χ2v) is 7.12. The van der Waals surface area contributed by atoms with E-state index < -0.39 is 6.10 Å². The van der Waals surface area contributed by atoms with E-state index in [4.69, 9.17) is 0 Å². The number of halogens is 1. The molecule has 0 radical (unpaired) electrons. The van der Waals surface area contributed by atoms with Gasteiger partial charge < -0.3 is 10.4 Å². The van der Waals surface area contributed by atoms with Crippen LogP contribution in [0.2, 0.25) is 0 Å². The minimum absolute atomic E-state index is 0.264. The molecule has 0 fully saturated rings. The molecule has 0 bridgehead atoms. The highest BCUT2D eigenvalue weighted by Crippen LogP contribution is 2.27. The fourth-order valence-corrected chi connectivity index (χ4v) is 3.69. The minimum atomic E-state index is -0.424. The van der Waals surface area contributed by atoms with Gasteiger partial charge in [0.25, 0.3) is 0 Å². The monoisotopic (exact) mass is 331 g/mol. The first-order chi connectivity index (χ1) is 8.16. The SMILES string of the molecule is CC(NCC(O)c1ccsc1)c1ccc(Br)s1. The van der Waals surface area contributed by atoms with Crippen LogP contribution in [0, 0.1) is 0 Å². The van der Waals surface area contributed by atoms with Crippen molar-refractivity contribution in [2.75, 3.05) is 6.54 Å². The lowest BCUT2D eigenvalue weighted by Crippen LogP contribution is -2.23. The number of hydrogen-bond acceptors (Lipinski definition) is 4. The molecule has 2 N–H and O–H groups in total. The minimum Gasteiger partial charge on any atom is -0.387 e. The zero-order valence-electron chi connectivity index (χ0n) is 9.39. The Hall–Kier alpha value is -0.200. The second kappa shape index (κ2) is 6.11. The van der Waals surface area contributed by atoms with Gasteiger partial charge in [0.05, 0.1) is 9.89 Å². The fourth-order valence-electron chi connectivity index (χ4n) is 1.53. The topological polar surface area (TPSA) is 32.3 Å². The Morgan fingerprint density at radius 1 is 1.41 bits per heavy atom. The first-order valence-corrected chi connectivity index (χ1v) is 7.91. The number of thiophene rings is 2. The highest BCUT2D eigenvalue weighted by atomic mass is 79.9. The zero-order chi connectivity index (χ0) is 12.3. The summed E-state index contributed by atoms with van der Waals surface area (Å²) in [4.78, 5) is 1.27. The standard InChI is InChI=1S/C12H14BrNOS2/c1-8(11-2-3-12(13)17-11)14-6-10(15)9-4-5-16-7-9/h2-5,7-8,10,14-15H,6H2,1H3. The summed E-state index contributed by atoms with van der Waals surface area (Å²) in [7, 11) is 0. The van der Waals surface area contributed by atoms with Crippen molar-refractivity contribution in [3.05, 3.63) is 43.2 Å². The lowest BCUT2D eigenvalue weighted by molar-refractivity contribution is 0.171. The quantitative estimate of drug-likeness (QED) is 0.869. The van der Waals surface area contributed by atoms with Gasteiger partial charge >= 0.3 is 0 Å². The molecule has 0 aliphatic heterocycles. The van der Waals surface area contributed by atoms with Gasteiger partial charge in [-0.2, -0.15) is 11.3 Å². The van der Waals surface area contributed by atoms with Gasteiger partial charge in [0.2, 0.25) is 0 Å². The largest absolute Gasteiger partial charge is 0.387 e. The van der Waals surface area contributed by atoms with Crippen molar-refractivity contribution in [2.45, 2.75) is 19.1 Å². The Kier molecular flexibility index (Phi) is 4.76. The molecule has 0 aromatic carbocycles. The van der Waals surface area contributed by atoms with E-state index in [-0.39, 0.29) is 6.04 Å². The summed E-state index contributed by atoms with van der Waals surface area (Å²) in [5.41, 5.74) is 0.988. The van der Waals surface area contributed by atoms with Crippen LogP contribution in [0.4, 0.5) is 0 Å². The van der Waals surface area contributed by atoms with E-state index in [1.165, 1.54) is 4.88 Å². The number of rotatable bonds is 5. The Labute approximate surface area is 117 Å². The van der Waals surface area contributed by atoms with Crippen LogP contribution in [0.1, 0.15) is 29.5 Å². The molecule has 2 nitrogen and oxygen atoms in total. The van der Waals surface area contributed by atoms with Crippen LogP contribution in [0.15, 0.2) is 32.7 Å². The van der Waals surface area contributed by atoms with Gasteiger partial charge in [-0.3, -0.25) is 0 Å². The maximum atomic E-state index is 9.95. The van der Waals surface area contributed by atoms with E-state index in [0.717, 1.165) is 9.35 Å². The van der Waals surface area contributed by atoms with E-state index in [1.54, 1.807) is 22.7 Å². The molecule has 2 unspecified atom stereocenters. The van der Waals surface area contributed by atoms with E-state index in [2.05, 4.69) is 34.2 Å². The van der Waals surface area contributed by atoms with Crippen molar-refractivity contribution < 1.29 is 5.11 Å². The van der Waals surface area contributed by atoms with Crippen LogP contribution in [0.3, 0.4) is 0 Å². The lowest BCUT2D eigenvalue weighted by Gasteiger charge is -2.15. The summed E-state index contributed by atoms with van der Waals surface area (Å²) in [6.45, 7) is 2.69. The molecule has 0 aliphatic carbocycles. The second-order valence-electron chi connectivity index (χ2n) is 3.84. The van der Waals surface area contributed by atoms with Crippen molar-refractivity contribution in [2.24, 2.45) is 0 Å². The third kappa shape index (κ3) is 3.63. The summed E-state index contributed by atoms with van der Waals surface area (Å²) in [6.07, 6.45) is -0.424. The molecule has 2 aromatic heterocycles. The molecule has 2 atom stereocenters. The Bertz CT molecular complexity index is 455. The van der Waals surface area contributed by atoms with Gasteiger partial charge in [0.15, 0.2) is 0 Å². The normalized spacial score (nSPS) is 14.8. The molecule has 0 spiro atoms. The maximum absolute atomic E-state index is 9.95. The molecule has 0 saturated carbocycles. The molecular weight excluding hydrogens is 318 g/mol. The van der Waals surface area contributed by atoms with Crippen LogP contribution in [-0.2, 0) is 0 Å². The molecule has 92 valence electrons. The zero-order valence-corrected chi connectivity index (χ0v) is 12.6. The molecular formula is C12H14BrNOS2. The van der Waals surface area contributed by atoms with E-state index in [1.807, 2.05) is 22.9 Å². The van der Waals surface area contributed by atoms with E-state index >= 15 is 0 Å². The van der Waals surface area contributed by atoms with Crippen LogP contribution >= 0.6 is 38.6 Å². The van der Waals surface area contributed by atoms with Crippen LogP contribution < -0.4 is 5.32 Å². The van der Waals surface area contributed by atoms with Gasteiger partial charge in [-0.15, -0.1) is 11.3 Å². The summed E-state index contributed by atoms with van der Waals surface area (Å²) in [6, 6.07) is 6.37. The van der Waals surface area contributed by atoms with Crippen molar-refractivity contribution in [3.63, 3.8) is 0 Å². The van der Waals surface area contributed by atoms with Crippen molar-refractivity contribution >= 4 is 38.6 Å². The van der Waals surface area contributed by atoms with E-state index in [9.17, 15) is 5.11 Å². The number of aliphatic hydroxyl groups is 1. The summed E-state index contributed by atoms with van der Waals surface area (Å²) in [5.74, 6) is 0. The average molecular weight is 332 g/mol. The van der Waals surface area contributed by atoms with Gasteiger partial charge in [-0.25, -0.2) is 0 Å². The Balaban J connectivity index is 1.86. The average Bonchev–Trinajstić information content (AvgIpc) is 2.95. The van der Waals surface area contributed by atoms with Gasteiger partial charge in [0.1, 0.15) is 0 Å². The van der Waals surface area contributed by atoms with Gasteiger partial charge in [0, 0.05) is 17.5 Å². The predicted octanol–water partition coefficient (Wildman–Crippen LogP) is 3.96. The Morgan fingerprint density at radius 2 is 2.24 bits per heavy atom. The number of aliphatic hydroxyl groups excluding tert-OH is 1. The third-order valence-electron chi connectivity index (χ3n) is 2.57. The van der Waals surface area contributed by atoms with E-state index in [0.29, 0.717) is 6.54 Å². The molecule has 5 heteroatoms. The van der Waals surface area contributed by atoms with Crippen LogP contribution in [0.25, 0.3) is 0 Å². The summed E-state index contributed by atoms with van der Waals surface area (Å²) in [5, 5.41) is 17.3. The highest BCUT2D eigenvalue weighted by Gasteiger charge is 2.12.